The van der Waals surface area contributed by atoms with Crippen LogP contribution in [0.15, 0.2) is 36.7 Å². The van der Waals surface area contributed by atoms with Crippen LogP contribution < -0.4 is 10.1 Å². The number of rotatable bonds is 4. The molecule has 7 nitrogen and oxygen atoms in total. The number of likely N-dealkylation sites (tertiary alicyclic amines) is 1. The minimum absolute atomic E-state index is 0.0764. The van der Waals surface area contributed by atoms with Crippen LogP contribution in [0.25, 0.3) is 0 Å². The number of imidazole rings is 1. The number of carbonyl (C=O) groups is 1. The van der Waals surface area contributed by atoms with Crippen molar-refractivity contribution in [2.24, 2.45) is 0 Å². The Labute approximate surface area is 159 Å². The maximum Gasteiger partial charge on any atom is 0.250 e. The van der Waals surface area contributed by atoms with E-state index in [1.165, 1.54) is 5.56 Å². The molecule has 1 unspecified atom stereocenters. The number of aromatic nitrogens is 2. The molecule has 0 aliphatic carbocycles. The van der Waals surface area contributed by atoms with Gasteiger partial charge in [-0.2, -0.15) is 0 Å². The molecule has 4 rings (SSSR count). The third-order valence-electron chi connectivity index (χ3n) is 5.60. The molecule has 144 valence electrons. The van der Waals surface area contributed by atoms with E-state index in [1.54, 1.807) is 20.4 Å². The van der Waals surface area contributed by atoms with E-state index in [1.807, 2.05) is 18.3 Å². The van der Waals surface area contributed by atoms with Crippen molar-refractivity contribution in [3.05, 3.63) is 48.0 Å². The molecule has 1 fully saturated rings. The van der Waals surface area contributed by atoms with Crippen LogP contribution in [0.1, 0.15) is 24.2 Å². The smallest absolute Gasteiger partial charge is 0.250 e. The minimum atomic E-state index is -0.482. The summed E-state index contributed by atoms with van der Waals surface area (Å²) in [6.07, 6.45) is 4.91. The van der Waals surface area contributed by atoms with Gasteiger partial charge in [-0.05, 0) is 30.5 Å². The number of hydrogen-bond acceptors (Lipinski definition) is 5. The van der Waals surface area contributed by atoms with Crippen LogP contribution in [-0.2, 0) is 28.2 Å². The van der Waals surface area contributed by atoms with Crippen molar-refractivity contribution in [1.29, 1.82) is 0 Å². The molecule has 27 heavy (non-hydrogen) atoms. The zero-order valence-corrected chi connectivity index (χ0v) is 15.9. The highest BCUT2D eigenvalue weighted by Crippen LogP contribution is 2.40. The summed E-state index contributed by atoms with van der Waals surface area (Å²) in [4.78, 5) is 19.2. The van der Waals surface area contributed by atoms with Crippen molar-refractivity contribution in [3.63, 3.8) is 0 Å². The van der Waals surface area contributed by atoms with E-state index in [2.05, 4.69) is 31.9 Å². The van der Waals surface area contributed by atoms with E-state index < -0.39 is 11.7 Å². The largest absolute Gasteiger partial charge is 0.497 e. The van der Waals surface area contributed by atoms with Crippen molar-refractivity contribution in [2.75, 3.05) is 27.2 Å². The van der Waals surface area contributed by atoms with Crippen LogP contribution in [0.3, 0.4) is 0 Å². The predicted octanol–water partition coefficient (Wildman–Crippen LogP) is 1.53. The van der Waals surface area contributed by atoms with E-state index in [0.29, 0.717) is 6.54 Å². The second-order valence-corrected chi connectivity index (χ2v) is 7.25. The quantitative estimate of drug-likeness (QED) is 0.884. The van der Waals surface area contributed by atoms with Gasteiger partial charge in [0, 0.05) is 39.1 Å². The maximum absolute atomic E-state index is 12.2. The van der Waals surface area contributed by atoms with E-state index in [-0.39, 0.29) is 5.91 Å². The lowest BCUT2D eigenvalue weighted by Crippen LogP contribution is -2.53. The molecule has 3 heterocycles. The van der Waals surface area contributed by atoms with Crippen molar-refractivity contribution in [1.82, 2.24) is 19.8 Å². The summed E-state index contributed by atoms with van der Waals surface area (Å²) < 4.78 is 13.7. The fraction of sp³-hybridized carbons (Fsp3) is 0.500. The molecular formula is C20H26N4O3. The Morgan fingerprint density at radius 2 is 2.22 bits per heavy atom. The lowest BCUT2D eigenvalue weighted by molar-refractivity contribution is -0.173. The number of nitrogens with zero attached hydrogens (tertiary/aromatic N) is 3. The van der Waals surface area contributed by atoms with Gasteiger partial charge in [0.05, 0.1) is 13.7 Å². The Bertz CT molecular complexity index is 811. The molecule has 2 aromatic rings. The zero-order valence-electron chi connectivity index (χ0n) is 15.9. The molecule has 1 N–H and O–H groups in total. The van der Waals surface area contributed by atoms with Crippen molar-refractivity contribution in [2.45, 2.75) is 37.6 Å². The number of benzene rings is 1. The fourth-order valence-electron chi connectivity index (χ4n) is 4.14. The molecule has 2 aliphatic rings. The minimum Gasteiger partial charge on any atom is -0.497 e. The summed E-state index contributed by atoms with van der Waals surface area (Å²) in [5, 5.41) is 2.71. The summed E-state index contributed by atoms with van der Waals surface area (Å²) in [6.45, 7) is 3.18. The molecule has 1 atom stereocenters. The average molecular weight is 370 g/mol. The van der Waals surface area contributed by atoms with Gasteiger partial charge in [-0.25, -0.2) is 4.98 Å². The molecule has 1 amide bonds. The van der Waals surface area contributed by atoms with E-state index >= 15 is 0 Å². The number of amides is 1. The molecule has 1 spiro atoms. The number of fused-ring (bicyclic) bond motifs is 2. The Hall–Kier alpha value is -2.38. The third-order valence-corrected chi connectivity index (χ3v) is 5.60. The Balaban J connectivity index is 1.48. The van der Waals surface area contributed by atoms with Crippen LogP contribution in [-0.4, -0.2) is 53.7 Å². The van der Waals surface area contributed by atoms with E-state index in [4.69, 9.17) is 9.47 Å². The highest BCUT2D eigenvalue weighted by Gasteiger charge is 2.46. The SMILES string of the molecule is CNC(=O)C1Cn2ccnc2C2(CCN(Cc3cccc(OC)c3)CC2)O1. The first kappa shape index (κ1) is 18.0. The van der Waals surface area contributed by atoms with Gasteiger partial charge >= 0.3 is 0 Å². The highest BCUT2D eigenvalue weighted by atomic mass is 16.5. The lowest BCUT2D eigenvalue weighted by Gasteiger charge is -2.45. The van der Waals surface area contributed by atoms with Gasteiger partial charge in [-0.1, -0.05) is 12.1 Å². The normalized spacial score (nSPS) is 21.6. The Morgan fingerprint density at radius 1 is 1.41 bits per heavy atom. The lowest BCUT2D eigenvalue weighted by atomic mass is 9.88. The molecule has 0 bridgehead atoms. The summed E-state index contributed by atoms with van der Waals surface area (Å²) >= 11 is 0. The number of ether oxygens (including phenoxy) is 2. The van der Waals surface area contributed by atoms with Gasteiger partial charge in [0.1, 0.15) is 17.2 Å². The monoisotopic (exact) mass is 370 g/mol. The first-order chi connectivity index (χ1) is 13.1. The summed E-state index contributed by atoms with van der Waals surface area (Å²) in [6, 6.07) is 8.19. The first-order valence-electron chi connectivity index (χ1n) is 9.40. The first-order valence-corrected chi connectivity index (χ1v) is 9.40. The van der Waals surface area contributed by atoms with Gasteiger partial charge < -0.3 is 19.4 Å². The molecule has 1 aromatic carbocycles. The standard InChI is InChI=1S/C20H26N4O3/c1-21-18(25)17-14-24-11-8-22-19(24)20(27-17)6-9-23(10-7-20)13-15-4-3-5-16(12-15)26-2/h3-5,8,11-12,17H,6-7,9-10,13-14H2,1-2H3,(H,21,25). The van der Waals surface area contributed by atoms with Crippen molar-refractivity contribution in [3.8, 4) is 5.75 Å². The second-order valence-electron chi connectivity index (χ2n) is 7.25. The molecule has 7 heteroatoms. The predicted molar refractivity (Wildman–Crippen MR) is 100 cm³/mol. The summed E-state index contributed by atoms with van der Waals surface area (Å²) in [5.74, 6) is 1.75. The molecule has 0 radical (unpaired) electrons. The Morgan fingerprint density at radius 3 is 2.96 bits per heavy atom. The van der Waals surface area contributed by atoms with Crippen LogP contribution in [0, 0.1) is 0 Å². The Kier molecular flexibility index (Phi) is 4.88. The van der Waals surface area contributed by atoms with Gasteiger partial charge in [-0.15, -0.1) is 0 Å². The van der Waals surface area contributed by atoms with Gasteiger partial charge in [-0.3, -0.25) is 9.69 Å². The number of hydrogen-bond donors (Lipinski definition) is 1. The van der Waals surface area contributed by atoms with Gasteiger partial charge in [0.2, 0.25) is 0 Å². The zero-order chi connectivity index (χ0) is 18.9. The topological polar surface area (TPSA) is 68.6 Å². The number of piperidine rings is 1. The number of likely N-dealkylation sites (N-methyl/N-ethyl adjacent to an activating group) is 1. The number of nitrogens with one attached hydrogen (secondary N) is 1. The van der Waals surface area contributed by atoms with E-state index in [0.717, 1.165) is 44.0 Å². The molecule has 2 aliphatic heterocycles. The highest BCUT2D eigenvalue weighted by molar-refractivity contribution is 5.80. The maximum atomic E-state index is 12.2. The summed E-state index contributed by atoms with van der Waals surface area (Å²) in [7, 11) is 3.34. The van der Waals surface area contributed by atoms with Crippen LogP contribution in [0.2, 0.25) is 0 Å². The van der Waals surface area contributed by atoms with Gasteiger partial charge in [0.15, 0.2) is 6.10 Å². The molecular weight excluding hydrogens is 344 g/mol. The van der Waals surface area contributed by atoms with Crippen LogP contribution in [0.4, 0.5) is 0 Å². The second kappa shape index (κ2) is 7.32. The molecule has 1 aromatic heterocycles. The van der Waals surface area contributed by atoms with Crippen LogP contribution >= 0.6 is 0 Å². The summed E-state index contributed by atoms with van der Waals surface area (Å²) in [5.41, 5.74) is 0.753. The van der Waals surface area contributed by atoms with Crippen molar-refractivity contribution < 1.29 is 14.3 Å². The third kappa shape index (κ3) is 3.44. The van der Waals surface area contributed by atoms with Crippen LogP contribution in [0.5, 0.6) is 5.75 Å². The number of methoxy groups -OCH3 is 1. The van der Waals surface area contributed by atoms with Gasteiger partial charge in [0.25, 0.3) is 5.91 Å². The fourth-order valence-corrected chi connectivity index (χ4v) is 4.14. The average Bonchev–Trinajstić information content (AvgIpc) is 3.19. The number of carbonyl (C=O) groups excluding carboxylic acids is 1. The van der Waals surface area contributed by atoms with E-state index in [9.17, 15) is 4.79 Å². The van der Waals surface area contributed by atoms with Crippen molar-refractivity contribution >= 4 is 5.91 Å². The molecule has 0 saturated carbocycles. The molecule has 1 saturated heterocycles.